The maximum atomic E-state index is 3.12. The van der Waals surface area contributed by atoms with E-state index in [4.69, 9.17) is 0 Å². The highest BCUT2D eigenvalue weighted by molar-refractivity contribution is 7.18. The number of rotatable bonds is 0. The minimum atomic E-state index is 0.522. The van der Waals surface area contributed by atoms with E-state index in [0.717, 1.165) is 5.92 Å². The Morgan fingerprint density at radius 1 is 0.812 bits per heavy atom. The van der Waals surface area contributed by atoms with E-state index in [1.165, 1.54) is 70.6 Å². The van der Waals surface area contributed by atoms with E-state index >= 15 is 0 Å². The fourth-order valence-electron chi connectivity index (χ4n) is 2.85. The normalized spacial score (nSPS) is 35.8. The van der Waals surface area contributed by atoms with E-state index in [2.05, 4.69) is 23.1 Å². The summed E-state index contributed by atoms with van der Waals surface area (Å²) in [5.41, 5.74) is 0. The van der Waals surface area contributed by atoms with Crippen molar-refractivity contribution in [2.24, 2.45) is 5.92 Å². The van der Waals surface area contributed by atoms with Gasteiger partial charge in [0.1, 0.15) is 0 Å². The Bertz CT molecular complexity index is 174. The highest BCUT2D eigenvalue weighted by Crippen LogP contribution is 2.32. The average molecular weight is 242 g/mol. The van der Waals surface area contributed by atoms with Crippen LogP contribution in [-0.2, 0) is 0 Å². The molecule has 1 heteroatoms. The molecule has 0 aromatic carbocycles. The molecule has 0 aromatic rings. The van der Waals surface area contributed by atoms with Crippen molar-refractivity contribution in [1.82, 2.24) is 0 Å². The molecule has 96 valence electrons. The molecule has 0 nitrogen and oxygen atoms in total. The lowest BCUT2D eigenvalue weighted by Gasteiger charge is -2.25. The second-order valence-electron chi connectivity index (χ2n) is 6.31. The fraction of sp³-hybridized carbons (Fsp3) is 1.00. The highest BCUT2D eigenvalue weighted by Gasteiger charge is 2.17. The maximum Gasteiger partial charge on any atom is -0.0178 e. The summed E-state index contributed by atoms with van der Waals surface area (Å²) in [5, 5.41) is 0.522. The third-order valence-corrected chi connectivity index (χ3v) is 4.72. The monoisotopic (exact) mass is 242 g/mol. The summed E-state index contributed by atoms with van der Waals surface area (Å²) in [6.45, 7) is 4.88. The van der Waals surface area contributed by atoms with Gasteiger partial charge in [0.25, 0.3) is 0 Å². The molecule has 0 aromatic heterocycles. The van der Waals surface area contributed by atoms with Crippen molar-refractivity contribution in [2.75, 3.05) is 0 Å². The molecule has 0 spiro atoms. The Kier molecular flexibility index (Phi) is 6.97. The van der Waals surface area contributed by atoms with Crippen LogP contribution in [0.4, 0.5) is 0 Å². The van der Waals surface area contributed by atoms with Gasteiger partial charge in [0.05, 0.1) is 0 Å². The Balaban J connectivity index is 2.33. The van der Waals surface area contributed by atoms with E-state index in [1.807, 2.05) is 0 Å². The molecule has 1 aliphatic carbocycles. The average Bonchev–Trinajstić information content (AvgIpc) is 2.21. The van der Waals surface area contributed by atoms with E-state index in [1.54, 1.807) is 0 Å². The molecule has 0 radical (unpaired) electrons. The lowest BCUT2D eigenvalue weighted by molar-refractivity contribution is 0.420. The molecule has 1 aliphatic rings. The van der Waals surface area contributed by atoms with Crippen LogP contribution in [-0.4, -0.2) is 5.16 Å². The van der Waals surface area contributed by atoms with Crippen LogP contribution >= 0.6 is 9.24 Å². The van der Waals surface area contributed by atoms with Gasteiger partial charge in [-0.05, 0) is 23.9 Å². The van der Waals surface area contributed by atoms with Crippen LogP contribution in [0.25, 0.3) is 0 Å². The molecule has 1 fully saturated rings. The summed E-state index contributed by atoms with van der Waals surface area (Å²) in [6, 6.07) is 0. The van der Waals surface area contributed by atoms with Crippen molar-refractivity contribution in [3.63, 3.8) is 0 Å². The van der Waals surface area contributed by atoms with Gasteiger partial charge in [-0.15, -0.1) is 9.24 Å². The van der Waals surface area contributed by atoms with Crippen LogP contribution in [0.1, 0.15) is 84.5 Å². The van der Waals surface area contributed by atoms with Crippen LogP contribution in [0.15, 0.2) is 0 Å². The second-order valence-corrected chi connectivity index (χ2v) is 7.71. The summed E-state index contributed by atoms with van der Waals surface area (Å²) in [5.74, 6) is 0.960. The number of hydrogen-bond donors (Lipinski definition) is 0. The van der Waals surface area contributed by atoms with Gasteiger partial charge >= 0.3 is 0 Å². The lowest BCUT2D eigenvalue weighted by Crippen LogP contribution is -2.15. The van der Waals surface area contributed by atoms with Crippen molar-refractivity contribution < 1.29 is 0 Å². The van der Waals surface area contributed by atoms with Crippen molar-refractivity contribution in [2.45, 2.75) is 89.6 Å². The van der Waals surface area contributed by atoms with E-state index in [9.17, 15) is 0 Å². The summed E-state index contributed by atoms with van der Waals surface area (Å²) < 4.78 is 0. The largest absolute Gasteiger partial charge is 0.131 e. The quantitative estimate of drug-likeness (QED) is 0.488. The van der Waals surface area contributed by atoms with Gasteiger partial charge in [-0.2, -0.15) is 0 Å². The standard InChI is InChI=1S/C15H31P/c1-14-10-7-5-3-4-6-8-12-15(2,16)13-9-11-14/h14H,3-13,16H2,1-2H3. The van der Waals surface area contributed by atoms with Crippen LogP contribution in [0, 0.1) is 5.92 Å². The van der Waals surface area contributed by atoms with E-state index in [0.29, 0.717) is 5.16 Å². The zero-order valence-electron chi connectivity index (χ0n) is 11.4. The Morgan fingerprint density at radius 2 is 1.31 bits per heavy atom. The fourth-order valence-corrected chi connectivity index (χ4v) is 3.26. The van der Waals surface area contributed by atoms with Crippen molar-refractivity contribution >= 4 is 9.24 Å². The lowest BCUT2D eigenvalue weighted by atomic mass is 9.92. The zero-order chi connectivity index (χ0) is 11.9. The van der Waals surface area contributed by atoms with Gasteiger partial charge in [-0.1, -0.05) is 71.6 Å². The summed E-state index contributed by atoms with van der Waals surface area (Å²) in [4.78, 5) is 0. The Morgan fingerprint density at radius 3 is 2.06 bits per heavy atom. The molecule has 0 amide bonds. The molecule has 16 heavy (non-hydrogen) atoms. The van der Waals surface area contributed by atoms with Crippen molar-refractivity contribution in [3.8, 4) is 0 Å². The molecule has 0 N–H and O–H groups in total. The SMILES string of the molecule is CC1CCCCCCCCC(C)(P)CCC1. The highest BCUT2D eigenvalue weighted by atomic mass is 31.0. The predicted octanol–water partition coefficient (Wildman–Crippen LogP) is 5.56. The van der Waals surface area contributed by atoms with Gasteiger partial charge in [0, 0.05) is 0 Å². The summed E-state index contributed by atoms with van der Waals surface area (Å²) >= 11 is 0. The molecule has 0 heterocycles. The van der Waals surface area contributed by atoms with Crippen LogP contribution < -0.4 is 0 Å². The molecule has 0 bridgehead atoms. The first-order valence-corrected chi connectivity index (χ1v) is 7.97. The van der Waals surface area contributed by atoms with Gasteiger partial charge in [-0.3, -0.25) is 0 Å². The Hall–Kier alpha value is 0.430. The predicted molar refractivity (Wildman–Crippen MR) is 78.1 cm³/mol. The molecule has 0 aliphatic heterocycles. The van der Waals surface area contributed by atoms with Crippen molar-refractivity contribution in [3.05, 3.63) is 0 Å². The molecular weight excluding hydrogens is 211 g/mol. The van der Waals surface area contributed by atoms with Gasteiger partial charge in [0.2, 0.25) is 0 Å². The minimum absolute atomic E-state index is 0.522. The minimum Gasteiger partial charge on any atom is -0.131 e. The number of hydrogen-bond acceptors (Lipinski definition) is 0. The third-order valence-electron chi connectivity index (χ3n) is 4.14. The molecular formula is C15H31P. The van der Waals surface area contributed by atoms with Crippen LogP contribution in [0.5, 0.6) is 0 Å². The summed E-state index contributed by atoms with van der Waals surface area (Å²) in [7, 11) is 3.12. The van der Waals surface area contributed by atoms with E-state index in [-0.39, 0.29) is 0 Å². The van der Waals surface area contributed by atoms with Crippen molar-refractivity contribution in [1.29, 1.82) is 0 Å². The van der Waals surface area contributed by atoms with Gasteiger partial charge < -0.3 is 0 Å². The molecule has 3 atom stereocenters. The molecule has 1 saturated carbocycles. The van der Waals surface area contributed by atoms with Gasteiger partial charge in [-0.25, -0.2) is 0 Å². The smallest absolute Gasteiger partial charge is 0.0178 e. The van der Waals surface area contributed by atoms with E-state index < -0.39 is 0 Å². The topological polar surface area (TPSA) is 0 Å². The molecule has 0 saturated heterocycles. The maximum absolute atomic E-state index is 3.12. The van der Waals surface area contributed by atoms with Crippen LogP contribution in [0.2, 0.25) is 0 Å². The zero-order valence-corrected chi connectivity index (χ0v) is 12.6. The first kappa shape index (κ1) is 14.5. The van der Waals surface area contributed by atoms with Gasteiger partial charge in [0.15, 0.2) is 0 Å². The molecule has 1 rings (SSSR count). The molecule has 3 unspecified atom stereocenters. The second kappa shape index (κ2) is 7.70. The third kappa shape index (κ3) is 6.89. The summed E-state index contributed by atoms with van der Waals surface area (Å²) in [6.07, 6.45) is 15.9. The Labute approximate surface area is 105 Å². The van der Waals surface area contributed by atoms with Crippen LogP contribution in [0.3, 0.4) is 0 Å². The first-order valence-electron chi connectivity index (χ1n) is 7.39. The first-order chi connectivity index (χ1) is 7.60.